The molecule has 7 heteroatoms. The molecule has 0 N–H and O–H groups in total. The summed E-state index contributed by atoms with van der Waals surface area (Å²) >= 11 is 0. The summed E-state index contributed by atoms with van der Waals surface area (Å²) in [5, 5.41) is 8.80. The highest BCUT2D eigenvalue weighted by molar-refractivity contribution is 5.94. The second-order valence-corrected chi connectivity index (χ2v) is 8.43. The normalized spacial score (nSPS) is 19.6. The third-order valence-corrected chi connectivity index (χ3v) is 6.54. The molecule has 3 heterocycles. The number of amides is 1. The lowest BCUT2D eigenvalue weighted by molar-refractivity contribution is 0.0783. The average molecular weight is 416 g/mol. The Kier molecular flexibility index (Phi) is 4.61. The standard InChI is InChI=1S/C24H24N4O3/c1-16-3-5-18(6-4-16)21(29)27-13-11-24(15-27)12-14-28-22(30)20(25-26-23(24)28)17-7-9-19(31-2)10-8-17/h3-10H,11-15H2,1-2H3/t24-/m0/s1. The number of rotatable bonds is 3. The van der Waals surface area contributed by atoms with Crippen molar-refractivity contribution in [2.24, 2.45) is 0 Å². The molecular formula is C24H24N4O3. The summed E-state index contributed by atoms with van der Waals surface area (Å²) in [4.78, 5) is 28.0. The summed E-state index contributed by atoms with van der Waals surface area (Å²) in [6.45, 7) is 3.82. The molecule has 0 bridgehead atoms. The fraction of sp³-hybridized carbons (Fsp3) is 0.333. The van der Waals surface area contributed by atoms with Crippen molar-refractivity contribution >= 4 is 5.91 Å². The van der Waals surface area contributed by atoms with Crippen LogP contribution in [0.1, 0.15) is 34.6 Å². The molecule has 2 aromatic carbocycles. The van der Waals surface area contributed by atoms with Crippen LogP contribution in [-0.2, 0) is 12.0 Å². The Morgan fingerprint density at radius 1 is 1.00 bits per heavy atom. The lowest BCUT2D eigenvalue weighted by Crippen LogP contribution is -2.35. The summed E-state index contributed by atoms with van der Waals surface area (Å²) in [6, 6.07) is 14.9. The average Bonchev–Trinajstić information content (AvgIpc) is 3.39. The first kappa shape index (κ1) is 19.5. The molecule has 158 valence electrons. The minimum absolute atomic E-state index is 0.0282. The molecule has 1 spiro atoms. The number of carbonyl (C=O) groups excluding carboxylic acids is 1. The molecule has 1 amide bonds. The van der Waals surface area contributed by atoms with Crippen LogP contribution < -0.4 is 10.3 Å². The number of nitrogens with zero attached hydrogens (tertiary/aromatic N) is 4. The molecule has 3 aromatic rings. The van der Waals surface area contributed by atoms with Crippen molar-refractivity contribution in [3.05, 3.63) is 75.8 Å². The Morgan fingerprint density at radius 3 is 2.42 bits per heavy atom. The van der Waals surface area contributed by atoms with Crippen LogP contribution in [0.15, 0.2) is 53.3 Å². The van der Waals surface area contributed by atoms with Gasteiger partial charge in [-0.25, -0.2) is 0 Å². The Balaban J connectivity index is 1.43. The third kappa shape index (κ3) is 3.21. The van der Waals surface area contributed by atoms with Crippen molar-refractivity contribution in [2.45, 2.75) is 31.7 Å². The number of aryl methyl sites for hydroxylation is 1. The smallest absolute Gasteiger partial charge is 0.280 e. The number of benzene rings is 2. The van der Waals surface area contributed by atoms with E-state index in [1.54, 1.807) is 23.8 Å². The highest BCUT2D eigenvalue weighted by Gasteiger charge is 2.48. The van der Waals surface area contributed by atoms with E-state index in [0.717, 1.165) is 29.7 Å². The summed E-state index contributed by atoms with van der Waals surface area (Å²) in [6.07, 6.45) is 1.58. The monoisotopic (exact) mass is 416 g/mol. The van der Waals surface area contributed by atoms with Gasteiger partial charge >= 0.3 is 0 Å². The van der Waals surface area contributed by atoms with Crippen LogP contribution in [0.5, 0.6) is 5.75 Å². The maximum absolute atomic E-state index is 13.2. The maximum Gasteiger partial charge on any atom is 0.280 e. The minimum atomic E-state index is -0.301. The second kappa shape index (κ2) is 7.34. The maximum atomic E-state index is 13.2. The molecule has 1 saturated heterocycles. The van der Waals surface area contributed by atoms with Gasteiger partial charge in [-0.15, -0.1) is 10.2 Å². The van der Waals surface area contributed by atoms with Gasteiger partial charge in [-0.05, 0) is 56.2 Å². The van der Waals surface area contributed by atoms with Crippen molar-refractivity contribution in [3.63, 3.8) is 0 Å². The number of likely N-dealkylation sites (tertiary alicyclic amines) is 1. The molecular weight excluding hydrogens is 392 g/mol. The van der Waals surface area contributed by atoms with E-state index in [2.05, 4.69) is 10.2 Å². The first-order chi connectivity index (χ1) is 15.0. The topological polar surface area (TPSA) is 77.3 Å². The Bertz CT molecular complexity index is 1200. The number of ether oxygens (including phenoxy) is 1. The van der Waals surface area contributed by atoms with E-state index < -0.39 is 0 Å². The predicted octanol–water partition coefficient (Wildman–Crippen LogP) is 2.81. The van der Waals surface area contributed by atoms with E-state index in [1.165, 1.54) is 0 Å². The number of methoxy groups -OCH3 is 1. The van der Waals surface area contributed by atoms with Crippen molar-refractivity contribution < 1.29 is 9.53 Å². The van der Waals surface area contributed by atoms with Crippen molar-refractivity contribution in [1.29, 1.82) is 0 Å². The van der Waals surface area contributed by atoms with Crippen molar-refractivity contribution in [2.75, 3.05) is 20.2 Å². The quantitative estimate of drug-likeness (QED) is 0.656. The molecule has 1 aromatic heterocycles. The zero-order valence-corrected chi connectivity index (χ0v) is 17.7. The van der Waals surface area contributed by atoms with E-state index in [1.807, 2.05) is 48.2 Å². The van der Waals surface area contributed by atoms with Gasteiger partial charge in [0.2, 0.25) is 0 Å². The highest BCUT2D eigenvalue weighted by atomic mass is 16.5. The minimum Gasteiger partial charge on any atom is -0.497 e. The van der Waals surface area contributed by atoms with E-state index in [4.69, 9.17) is 4.74 Å². The van der Waals surface area contributed by atoms with Gasteiger partial charge in [0.15, 0.2) is 5.69 Å². The molecule has 7 nitrogen and oxygen atoms in total. The van der Waals surface area contributed by atoms with Crippen LogP contribution in [0.3, 0.4) is 0 Å². The van der Waals surface area contributed by atoms with E-state index in [9.17, 15) is 9.59 Å². The van der Waals surface area contributed by atoms with Gasteiger partial charge in [-0.2, -0.15) is 0 Å². The molecule has 2 aliphatic rings. The van der Waals surface area contributed by atoms with Gasteiger partial charge < -0.3 is 9.64 Å². The number of hydrogen-bond donors (Lipinski definition) is 0. The number of carbonyl (C=O) groups is 1. The first-order valence-corrected chi connectivity index (χ1v) is 10.5. The largest absolute Gasteiger partial charge is 0.497 e. The SMILES string of the molecule is COc1ccc(-c2nnc3n(c2=O)CC[C@]32CCN(C(=O)c3ccc(C)cc3)C2)cc1. The zero-order valence-electron chi connectivity index (χ0n) is 17.7. The van der Waals surface area contributed by atoms with Gasteiger partial charge in [-0.3, -0.25) is 14.2 Å². The fourth-order valence-corrected chi connectivity index (χ4v) is 4.70. The Morgan fingerprint density at radius 2 is 1.71 bits per heavy atom. The zero-order chi connectivity index (χ0) is 21.6. The number of fused-ring (bicyclic) bond motifs is 2. The van der Waals surface area contributed by atoms with Gasteiger partial charge in [0.05, 0.1) is 12.5 Å². The Labute approximate surface area is 180 Å². The molecule has 0 aliphatic carbocycles. The van der Waals surface area contributed by atoms with Crippen LogP contribution in [0.4, 0.5) is 0 Å². The Hall–Kier alpha value is -3.48. The van der Waals surface area contributed by atoms with Crippen LogP contribution in [0.25, 0.3) is 11.3 Å². The van der Waals surface area contributed by atoms with Crippen LogP contribution >= 0.6 is 0 Å². The molecule has 0 radical (unpaired) electrons. The molecule has 2 aliphatic heterocycles. The lowest BCUT2D eigenvalue weighted by Gasteiger charge is -2.23. The van der Waals surface area contributed by atoms with Crippen LogP contribution in [-0.4, -0.2) is 45.8 Å². The third-order valence-electron chi connectivity index (χ3n) is 6.54. The molecule has 1 atom stereocenters. The molecule has 0 unspecified atom stereocenters. The number of hydrogen-bond acceptors (Lipinski definition) is 5. The van der Waals surface area contributed by atoms with Crippen molar-refractivity contribution in [1.82, 2.24) is 19.7 Å². The van der Waals surface area contributed by atoms with Gasteiger partial charge in [0.25, 0.3) is 11.5 Å². The van der Waals surface area contributed by atoms with Crippen molar-refractivity contribution in [3.8, 4) is 17.0 Å². The highest BCUT2D eigenvalue weighted by Crippen LogP contribution is 2.41. The summed E-state index contributed by atoms with van der Waals surface area (Å²) in [7, 11) is 1.60. The van der Waals surface area contributed by atoms with Gasteiger partial charge in [0, 0.05) is 30.8 Å². The number of aromatic nitrogens is 3. The summed E-state index contributed by atoms with van der Waals surface area (Å²) in [5.41, 5.74) is 2.45. The van der Waals surface area contributed by atoms with Gasteiger partial charge in [0.1, 0.15) is 11.6 Å². The second-order valence-electron chi connectivity index (χ2n) is 8.43. The lowest BCUT2D eigenvalue weighted by atomic mass is 9.85. The molecule has 0 saturated carbocycles. The van der Waals surface area contributed by atoms with E-state index in [-0.39, 0.29) is 16.9 Å². The van der Waals surface area contributed by atoms with E-state index >= 15 is 0 Å². The van der Waals surface area contributed by atoms with Crippen LogP contribution in [0.2, 0.25) is 0 Å². The van der Waals surface area contributed by atoms with Gasteiger partial charge in [-0.1, -0.05) is 17.7 Å². The van der Waals surface area contributed by atoms with E-state index in [0.29, 0.717) is 36.7 Å². The predicted molar refractivity (Wildman–Crippen MR) is 116 cm³/mol. The first-order valence-electron chi connectivity index (χ1n) is 10.5. The molecule has 5 rings (SSSR count). The fourth-order valence-electron chi connectivity index (χ4n) is 4.70. The summed E-state index contributed by atoms with van der Waals surface area (Å²) in [5.74, 6) is 1.45. The molecule has 31 heavy (non-hydrogen) atoms. The van der Waals surface area contributed by atoms with Crippen LogP contribution in [0, 0.1) is 6.92 Å². The summed E-state index contributed by atoms with van der Waals surface area (Å²) < 4.78 is 6.93. The molecule has 1 fully saturated rings.